The van der Waals surface area contributed by atoms with Crippen molar-refractivity contribution in [2.24, 2.45) is 5.92 Å². The van der Waals surface area contributed by atoms with Gasteiger partial charge in [0.15, 0.2) is 0 Å². The Balaban J connectivity index is 2.02. The number of hydrogen-bond donors (Lipinski definition) is 2. The second-order valence-corrected chi connectivity index (χ2v) is 7.48. The van der Waals surface area contributed by atoms with E-state index >= 15 is 0 Å². The molecule has 0 bridgehead atoms. The predicted octanol–water partition coefficient (Wildman–Crippen LogP) is 1.79. The molecule has 0 heterocycles. The van der Waals surface area contributed by atoms with Crippen molar-refractivity contribution < 1.29 is 13.2 Å². The molecule has 0 atom stereocenters. The molecule has 1 aromatic rings. The van der Waals surface area contributed by atoms with E-state index < -0.39 is 10.0 Å². The smallest absolute Gasteiger partial charge is 0.240 e. The Hall–Kier alpha value is -1.40. The third-order valence-electron chi connectivity index (χ3n) is 3.54. The molecule has 5 nitrogen and oxygen atoms in total. The van der Waals surface area contributed by atoms with Crippen LogP contribution in [0.1, 0.15) is 38.7 Å². The van der Waals surface area contributed by atoms with Gasteiger partial charge in [-0.3, -0.25) is 4.79 Å². The van der Waals surface area contributed by atoms with Gasteiger partial charge in [-0.05, 0) is 44.4 Å². The van der Waals surface area contributed by atoms with Crippen LogP contribution in [0.4, 0.5) is 0 Å². The molecule has 116 valence electrons. The van der Waals surface area contributed by atoms with Crippen molar-refractivity contribution in [1.29, 1.82) is 0 Å². The molecule has 1 aliphatic rings. The molecule has 1 amide bonds. The van der Waals surface area contributed by atoms with Gasteiger partial charge in [-0.2, -0.15) is 0 Å². The molecule has 21 heavy (non-hydrogen) atoms. The SMILES string of the molecule is CC(C)NS(=O)(=O)c1cccc(CNC(=O)C2CCC2)c1. The largest absolute Gasteiger partial charge is 0.352 e. The highest BCUT2D eigenvalue weighted by atomic mass is 32.2. The molecule has 1 fully saturated rings. The number of carbonyl (C=O) groups excluding carboxylic acids is 1. The lowest BCUT2D eigenvalue weighted by Gasteiger charge is -2.24. The number of carbonyl (C=O) groups is 1. The van der Waals surface area contributed by atoms with Crippen molar-refractivity contribution in [1.82, 2.24) is 10.0 Å². The van der Waals surface area contributed by atoms with Crippen LogP contribution in [0, 0.1) is 5.92 Å². The van der Waals surface area contributed by atoms with Gasteiger partial charge in [0.2, 0.25) is 15.9 Å². The first kappa shape index (κ1) is 16.0. The zero-order valence-electron chi connectivity index (χ0n) is 12.4. The molecule has 1 aliphatic carbocycles. The van der Waals surface area contributed by atoms with E-state index in [0.29, 0.717) is 6.54 Å². The van der Waals surface area contributed by atoms with Gasteiger partial charge < -0.3 is 5.32 Å². The van der Waals surface area contributed by atoms with Crippen LogP contribution in [-0.4, -0.2) is 20.4 Å². The Morgan fingerprint density at radius 3 is 2.62 bits per heavy atom. The summed E-state index contributed by atoms with van der Waals surface area (Å²) in [5.41, 5.74) is 0.786. The molecule has 6 heteroatoms. The molecule has 0 aromatic heterocycles. The standard InChI is InChI=1S/C15H22N2O3S/c1-11(2)17-21(19,20)14-8-3-5-12(9-14)10-16-15(18)13-6-4-7-13/h3,5,8-9,11,13,17H,4,6-7,10H2,1-2H3,(H,16,18). The number of benzene rings is 1. The maximum absolute atomic E-state index is 12.1. The summed E-state index contributed by atoms with van der Waals surface area (Å²) in [4.78, 5) is 12.0. The van der Waals surface area contributed by atoms with Crippen LogP contribution >= 0.6 is 0 Å². The van der Waals surface area contributed by atoms with E-state index in [-0.39, 0.29) is 22.8 Å². The monoisotopic (exact) mass is 310 g/mol. The number of nitrogens with one attached hydrogen (secondary N) is 2. The summed E-state index contributed by atoms with van der Waals surface area (Å²) in [6, 6.07) is 6.51. The lowest BCUT2D eigenvalue weighted by atomic mass is 9.85. The van der Waals surface area contributed by atoms with Gasteiger partial charge >= 0.3 is 0 Å². The summed E-state index contributed by atoms with van der Waals surface area (Å²) in [5.74, 6) is 0.203. The minimum absolute atomic E-state index is 0.0646. The fourth-order valence-corrected chi connectivity index (χ4v) is 3.53. The average Bonchev–Trinajstić information content (AvgIpc) is 2.33. The molecule has 0 radical (unpaired) electrons. The molecule has 0 aliphatic heterocycles. The first-order valence-corrected chi connectivity index (χ1v) is 8.76. The van der Waals surface area contributed by atoms with Crippen molar-refractivity contribution >= 4 is 15.9 Å². The Labute approximate surface area is 126 Å². The lowest BCUT2D eigenvalue weighted by molar-refractivity contribution is -0.127. The van der Waals surface area contributed by atoms with Crippen molar-refractivity contribution in [3.63, 3.8) is 0 Å². The Morgan fingerprint density at radius 1 is 1.33 bits per heavy atom. The molecule has 0 spiro atoms. The highest BCUT2D eigenvalue weighted by Crippen LogP contribution is 2.26. The summed E-state index contributed by atoms with van der Waals surface area (Å²) in [7, 11) is -3.49. The van der Waals surface area contributed by atoms with Crippen LogP contribution in [0.15, 0.2) is 29.2 Å². The highest BCUT2D eigenvalue weighted by molar-refractivity contribution is 7.89. The first-order valence-electron chi connectivity index (χ1n) is 7.27. The molecule has 0 unspecified atom stereocenters. The third kappa shape index (κ3) is 4.28. The molecule has 2 rings (SSSR count). The molecule has 1 saturated carbocycles. The van der Waals surface area contributed by atoms with E-state index in [0.717, 1.165) is 24.8 Å². The average molecular weight is 310 g/mol. The summed E-state index contributed by atoms with van der Waals surface area (Å²) < 4.78 is 26.7. The summed E-state index contributed by atoms with van der Waals surface area (Å²) in [5, 5.41) is 2.87. The van der Waals surface area contributed by atoms with Gasteiger partial charge in [-0.15, -0.1) is 0 Å². The first-order chi connectivity index (χ1) is 9.88. The van der Waals surface area contributed by atoms with E-state index in [1.165, 1.54) is 0 Å². The summed E-state index contributed by atoms with van der Waals surface area (Å²) in [6.07, 6.45) is 3.03. The summed E-state index contributed by atoms with van der Waals surface area (Å²) in [6.45, 7) is 3.92. The summed E-state index contributed by atoms with van der Waals surface area (Å²) >= 11 is 0. The third-order valence-corrected chi connectivity index (χ3v) is 5.20. The number of rotatable bonds is 6. The second-order valence-electron chi connectivity index (χ2n) is 5.77. The topological polar surface area (TPSA) is 75.3 Å². The fraction of sp³-hybridized carbons (Fsp3) is 0.533. The van der Waals surface area contributed by atoms with Crippen LogP contribution in [0.25, 0.3) is 0 Å². The van der Waals surface area contributed by atoms with Crippen molar-refractivity contribution in [2.75, 3.05) is 0 Å². The van der Waals surface area contributed by atoms with Gasteiger partial charge in [-0.1, -0.05) is 18.6 Å². The maximum Gasteiger partial charge on any atom is 0.240 e. The van der Waals surface area contributed by atoms with E-state index in [2.05, 4.69) is 10.0 Å². The number of sulfonamides is 1. The Bertz CT molecular complexity index is 607. The predicted molar refractivity (Wildman–Crippen MR) is 81.1 cm³/mol. The van der Waals surface area contributed by atoms with Gasteiger partial charge in [0, 0.05) is 18.5 Å². The van der Waals surface area contributed by atoms with Crippen LogP contribution in [-0.2, 0) is 21.4 Å². The minimum Gasteiger partial charge on any atom is -0.352 e. The van der Waals surface area contributed by atoms with Gasteiger partial charge in [-0.25, -0.2) is 13.1 Å². The molecule has 1 aromatic carbocycles. The minimum atomic E-state index is -3.49. The van der Waals surface area contributed by atoms with E-state index in [4.69, 9.17) is 0 Å². The van der Waals surface area contributed by atoms with E-state index in [9.17, 15) is 13.2 Å². The number of hydrogen-bond acceptors (Lipinski definition) is 3. The maximum atomic E-state index is 12.1. The highest BCUT2D eigenvalue weighted by Gasteiger charge is 2.24. The Morgan fingerprint density at radius 2 is 2.05 bits per heavy atom. The van der Waals surface area contributed by atoms with Crippen LogP contribution in [0.2, 0.25) is 0 Å². The fourth-order valence-electron chi connectivity index (χ4n) is 2.20. The van der Waals surface area contributed by atoms with Crippen molar-refractivity contribution in [3.8, 4) is 0 Å². The van der Waals surface area contributed by atoms with Crippen molar-refractivity contribution in [3.05, 3.63) is 29.8 Å². The zero-order chi connectivity index (χ0) is 15.5. The van der Waals surface area contributed by atoms with Crippen LogP contribution in [0.5, 0.6) is 0 Å². The Kier molecular flexibility index (Phi) is 5.00. The second kappa shape index (κ2) is 6.58. The van der Waals surface area contributed by atoms with Gasteiger partial charge in [0.1, 0.15) is 0 Å². The van der Waals surface area contributed by atoms with Gasteiger partial charge in [0.05, 0.1) is 4.90 Å². The lowest BCUT2D eigenvalue weighted by Crippen LogP contribution is -2.34. The quantitative estimate of drug-likeness (QED) is 0.841. The van der Waals surface area contributed by atoms with Gasteiger partial charge in [0.25, 0.3) is 0 Å². The molecule has 2 N–H and O–H groups in total. The van der Waals surface area contributed by atoms with Crippen LogP contribution < -0.4 is 10.0 Å². The normalized spacial score (nSPS) is 15.8. The van der Waals surface area contributed by atoms with E-state index in [1.807, 2.05) is 6.07 Å². The van der Waals surface area contributed by atoms with E-state index in [1.54, 1.807) is 32.0 Å². The zero-order valence-corrected chi connectivity index (χ0v) is 13.2. The molecular weight excluding hydrogens is 288 g/mol. The van der Waals surface area contributed by atoms with Crippen molar-refractivity contribution in [2.45, 2.75) is 50.6 Å². The molecular formula is C15H22N2O3S. The molecule has 0 saturated heterocycles. The van der Waals surface area contributed by atoms with Crippen LogP contribution in [0.3, 0.4) is 0 Å². The number of amides is 1.